The van der Waals surface area contributed by atoms with Gasteiger partial charge in [-0.15, -0.1) is 5.10 Å². The molecule has 12 heteroatoms. The van der Waals surface area contributed by atoms with Gasteiger partial charge in [0.2, 0.25) is 23.8 Å². The molecular weight excluding hydrogens is 451 g/mol. The molecule has 1 aliphatic heterocycles. The Balaban J connectivity index is 1.56. The second-order valence-corrected chi connectivity index (χ2v) is 7.09. The number of amides is 1. The average molecular weight is 466 g/mol. The van der Waals surface area contributed by atoms with Crippen molar-refractivity contribution in [3.8, 4) is 11.5 Å². The maximum absolute atomic E-state index is 13.6. The standard InChI is InChI=1S/C22H15FN4O7/c1-13(28)25-22(34-21(24-25)15-3-2-4-16(23)11-15)14-5-8-18(9-6-14)33-20-10-7-17(26(29)30)12-19(20)27(31)32/h2-12,22H,1H3/t22-/m1/s1. The first-order valence-electron chi connectivity index (χ1n) is 9.74. The van der Waals surface area contributed by atoms with Gasteiger partial charge in [0.25, 0.3) is 5.69 Å². The fraction of sp³-hybridized carbons (Fsp3) is 0.0909. The van der Waals surface area contributed by atoms with Crippen molar-refractivity contribution in [2.24, 2.45) is 5.10 Å². The summed E-state index contributed by atoms with van der Waals surface area (Å²) < 4.78 is 24.9. The summed E-state index contributed by atoms with van der Waals surface area (Å²) in [5.74, 6) is -0.787. The predicted molar refractivity (Wildman–Crippen MR) is 116 cm³/mol. The molecule has 172 valence electrons. The molecular formula is C22H15FN4O7. The number of nitro benzene ring substituents is 2. The molecule has 0 saturated heterocycles. The number of rotatable bonds is 6. The summed E-state index contributed by atoms with van der Waals surface area (Å²) in [5.41, 5.74) is -0.130. The van der Waals surface area contributed by atoms with Crippen LogP contribution in [0.1, 0.15) is 24.3 Å². The number of halogens is 1. The van der Waals surface area contributed by atoms with Gasteiger partial charge in [-0.3, -0.25) is 25.0 Å². The third-order valence-corrected chi connectivity index (χ3v) is 4.78. The summed E-state index contributed by atoms with van der Waals surface area (Å²) in [6.45, 7) is 1.31. The molecule has 1 atom stereocenters. The van der Waals surface area contributed by atoms with Crippen molar-refractivity contribution < 1.29 is 28.5 Å². The fourth-order valence-corrected chi connectivity index (χ4v) is 3.20. The second-order valence-electron chi connectivity index (χ2n) is 7.09. The maximum atomic E-state index is 13.6. The highest BCUT2D eigenvalue weighted by molar-refractivity contribution is 5.96. The summed E-state index contributed by atoms with van der Waals surface area (Å²) in [4.78, 5) is 32.8. The van der Waals surface area contributed by atoms with Crippen LogP contribution in [0.25, 0.3) is 0 Å². The first-order chi connectivity index (χ1) is 16.2. The van der Waals surface area contributed by atoms with Crippen LogP contribution in [0.4, 0.5) is 15.8 Å². The highest BCUT2D eigenvalue weighted by Crippen LogP contribution is 2.36. The van der Waals surface area contributed by atoms with E-state index >= 15 is 0 Å². The van der Waals surface area contributed by atoms with Gasteiger partial charge in [0, 0.05) is 24.1 Å². The van der Waals surface area contributed by atoms with Crippen molar-refractivity contribution in [2.75, 3.05) is 0 Å². The van der Waals surface area contributed by atoms with E-state index in [0.29, 0.717) is 11.1 Å². The van der Waals surface area contributed by atoms with Crippen LogP contribution >= 0.6 is 0 Å². The number of nitro groups is 2. The average Bonchev–Trinajstić information content (AvgIpc) is 3.25. The number of benzene rings is 3. The monoisotopic (exact) mass is 466 g/mol. The molecule has 1 aliphatic rings. The van der Waals surface area contributed by atoms with Crippen LogP contribution in [0, 0.1) is 26.0 Å². The van der Waals surface area contributed by atoms with Crippen LogP contribution in [0.5, 0.6) is 11.5 Å². The van der Waals surface area contributed by atoms with Crippen LogP contribution in [-0.4, -0.2) is 26.7 Å². The predicted octanol–water partition coefficient (Wildman–Crippen LogP) is 4.67. The van der Waals surface area contributed by atoms with Crippen molar-refractivity contribution in [3.05, 3.63) is 104 Å². The Hall–Kier alpha value is -4.87. The van der Waals surface area contributed by atoms with Crippen molar-refractivity contribution in [1.82, 2.24) is 5.01 Å². The van der Waals surface area contributed by atoms with E-state index in [2.05, 4.69) is 5.10 Å². The van der Waals surface area contributed by atoms with Gasteiger partial charge in [-0.05, 0) is 48.5 Å². The number of hydrogen-bond donors (Lipinski definition) is 0. The summed E-state index contributed by atoms with van der Waals surface area (Å²) in [7, 11) is 0. The van der Waals surface area contributed by atoms with Crippen LogP contribution in [0.3, 0.4) is 0 Å². The van der Waals surface area contributed by atoms with Crippen molar-refractivity contribution in [1.29, 1.82) is 0 Å². The molecule has 0 N–H and O–H groups in total. The number of carbonyl (C=O) groups is 1. The number of nitrogens with zero attached hydrogens (tertiary/aromatic N) is 4. The SMILES string of the molecule is CC(=O)N1N=C(c2cccc(F)c2)O[C@@H]1c1ccc(Oc2ccc([N+](=O)[O-])cc2[N+](=O)[O-])cc1. The first-order valence-corrected chi connectivity index (χ1v) is 9.74. The van der Waals surface area contributed by atoms with Gasteiger partial charge in [-0.25, -0.2) is 4.39 Å². The van der Waals surface area contributed by atoms with Gasteiger partial charge < -0.3 is 9.47 Å². The number of non-ortho nitro benzene ring substituents is 1. The largest absolute Gasteiger partial charge is 0.450 e. The lowest BCUT2D eigenvalue weighted by atomic mass is 10.1. The molecule has 11 nitrogen and oxygen atoms in total. The van der Waals surface area contributed by atoms with Gasteiger partial charge in [0.05, 0.1) is 15.9 Å². The van der Waals surface area contributed by atoms with E-state index in [4.69, 9.17) is 9.47 Å². The molecule has 0 bridgehead atoms. The fourth-order valence-electron chi connectivity index (χ4n) is 3.20. The molecule has 0 unspecified atom stereocenters. The minimum Gasteiger partial charge on any atom is -0.450 e. The zero-order valence-electron chi connectivity index (χ0n) is 17.5. The smallest absolute Gasteiger partial charge is 0.318 e. The number of ether oxygens (including phenoxy) is 2. The third-order valence-electron chi connectivity index (χ3n) is 4.78. The zero-order chi connectivity index (χ0) is 24.4. The van der Waals surface area contributed by atoms with Crippen molar-refractivity contribution in [2.45, 2.75) is 13.2 Å². The molecule has 1 amide bonds. The lowest BCUT2D eigenvalue weighted by Crippen LogP contribution is -2.25. The minimum absolute atomic E-state index is 0.0709. The van der Waals surface area contributed by atoms with E-state index in [1.807, 2.05) is 0 Å². The van der Waals surface area contributed by atoms with Crippen LogP contribution in [0.15, 0.2) is 71.8 Å². The Morgan fingerprint density at radius 2 is 1.79 bits per heavy atom. The highest BCUT2D eigenvalue weighted by Gasteiger charge is 2.33. The molecule has 3 aromatic carbocycles. The van der Waals surface area contributed by atoms with E-state index in [1.165, 1.54) is 37.3 Å². The van der Waals surface area contributed by atoms with Crippen LogP contribution in [0.2, 0.25) is 0 Å². The molecule has 0 aliphatic carbocycles. The van der Waals surface area contributed by atoms with E-state index < -0.39 is 39.2 Å². The van der Waals surface area contributed by atoms with Gasteiger partial charge in [-0.1, -0.05) is 6.07 Å². The topological polar surface area (TPSA) is 137 Å². The van der Waals surface area contributed by atoms with Crippen molar-refractivity contribution in [3.63, 3.8) is 0 Å². The quantitative estimate of drug-likeness (QED) is 0.380. The van der Waals surface area contributed by atoms with E-state index in [-0.39, 0.29) is 17.4 Å². The molecule has 0 saturated carbocycles. The maximum Gasteiger partial charge on any atom is 0.318 e. The minimum atomic E-state index is -0.918. The third kappa shape index (κ3) is 4.50. The summed E-state index contributed by atoms with van der Waals surface area (Å²) in [5, 5.41) is 27.4. The Morgan fingerprint density at radius 1 is 1.06 bits per heavy atom. The molecule has 0 fully saturated rings. The Labute approximate surface area is 190 Å². The molecule has 34 heavy (non-hydrogen) atoms. The Bertz CT molecular complexity index is 1330. The zero-order valence-corrected chi connectivity index (χ0v) is 17.5. The van der Waals surface area contributed by atoms with Gasteiger partial charge >= 0.3 is 5.69 Å². The molecule has 1 heterocycles. The summed E-state index contributed by atoms with van der Waals surface area (Å²) in [6, 6.07) is 14.7. The Kier molecular flexibility index (Phi) is 5.87. The lowest BCUT2D eigenvalue weighted by Gasteiger charge is -2.19. The van der Waals surface area contributed by atoms with Crippen LogP contribution in [-0.2, 0) is 9.53 Å². The summed E-state index contributed by atoms with van der Waals surface area (Å²) in [6.07, 6.45) is -0.918. The number of hydrogen-bond acceptors (Lipinski definition) is 8. The van der Waals surface area contributed by atoms with E-state index in [1.54, 1.807) is 18.2 Å². The Morgan fingerprint density at radius 3 is 2.41 bits per heavy atom. The normalized spacial score (nSPS) is 14.8. The van der Waals surface area contributed by atoms with Gasteiger partial charge in [-0.2, -0.15) is 5.01 Å². The molecule has 4 rings (SSSR count). The number of hydrazone groups is 1. The first kappa shape index (κ1) is 22.3. The molecule has 3 aromatic rings. The van der Waals surface area contributed by atoms with Gasteiger partial charge in [0.1, 0.15) is 11.6 Å². The molecule has 0 aromatic heterocycles. The lowest BCUT2D eigenvalue weighted by molar-refractivity contribution is -0.394. The highest BCUT2D eigenvalue weighted by atomic mass is 19.1. The van der Waals surface area contributed by atoms with E-state index in [9.17, 15) is 29.4 Å². The van der Waals surface area contributed by atoms with Gasteiger partial charge in [0.15, 0.2) is 0 Å². The second kappa shape index (κ2) is 8.94. The van der Waals surface area contributed by atoms with Crippen LogP contribution < -0.4 is 4.74 Å². The van der Waals surface area contributed by atoms with E-state index in [0.717, 1.165) is 23.2 Å². The summed E-state index contributed by atoms with van der Waals surface area (Å²) >= 11 is 0. The molecule has 0 radical (unpaired) electrons. The number of carbonyl (C=O) groups excluding carboxylic acids is 1. The van der Waals surface area contributed by atoms with Crippen molar-refractivity contribution >= 4 is 23.2 Å². The molecule has 0 spiro atoms.